The summed E-state index contributed by atoms with van der Waals surface area (Å²) in [6.07, 6.45) is 1.13. The molecule has 2 aromatic rings. The van der Waals surface area contributed by atoms with Gasteiger partial charge in [0.25, 0.3) is 5.91 Å². The number of aliphatic hydroxyl groups is 1. The van der Waals surface area contributed by atoms with Crippen molar-refractivity contribution in [1.82, 2.24) is 10.3 Å². The highest BCUT2D eigenvalue weighted by molar-refractivity contribution is 7.90. The number of hydrogen-bond acceptors (Lipinski definition) is 7. The second kappa shape index (κ2) is 9.21. The van der Waals surface area contributed by atoms with Crippen molar-refractivity contribution in [3.63, 3.8) is 0 Å². The number of hydrogen-bond donors (Lipinski definition) is 3. The van der Waals surface area contributed by atoms with Gasteiger partial charge in [0, 0.05) is 12.8 Å². The monoisotopic (exact) mass is 403 g/mol. The summed E-state index contributed by atoms with van der Waals surface area (Å²) in [7, 11) is -3.27. The van der Waals surface area contributed by atoms with Crippen LogP contribution in [-0.4, -0.2) is 43.9 Å². The second-order valence-electron chi connectivity index (χ2n) is 5.77. The Morgan fingerprint density at radius 1 is 1.32 bits per heavy atom. The third kappa shape index (κ3) is 5.45. The number of nitrogens with zero attached hydrogens (tertiary/aromatic N) is 1. The van der Waals surface area contributed by atoms with Crippen LogP contribution in [0.15, 0.2) is 35.2 Å². The molecule has 1 aromatic heterocycles. The van der Waals surface area contributed by atoms with E-state index in [2.05, 4.69) is 22.1 Å². The van der Waals surface area contributed by atoms with E-state index >= 15 is 0 Å². The van der Waals surface area contributed by atoms with E-state index < -0.39 is 15.7 Å². The van der Waals surface area contributed by atoms with Gasteiger partial charge in [0.1, 0.15) is 17.9 Å². The Hall–Kier alpha value is -3.09. The molecule has 0 aliphatic carbocycles. The van der Waals surface area contributed by atoms with E-state index in [1.807, 2.05) is 0 Å². The first-order valence-electron chi connectivity index (χ1n) is 8.36. The molecule has 0 bridgehead atoms. The molecule has 4 N–H and O–H groups in total. The molecular formula is C19H21N3O5S. The first-order valence-corrected chi connectivity index (χ1v) is 10.3. The molecule has 0 spiro atoms. The number of aromatic nitrogens is 1. The van der Waals surface area contributed by atoms with Gasteiger partial charge in [-0.1, -0.05) is 24.0 Å². The molecular weight excluding hydrogens is 382 g/mol. The molecule has 1 amide bonds. The van der Waals surface area contributed by atoms with Crippen LogP contribution >= 0.6 is 0 Å². The molecule has 0 saturated carbocycles. The SMILES string of the molecule is CCOc1nc(C(=O)NCc2ccc(S(C)(=O)=O)cc2)cc(N)c1C#CCO. The zero-order valence-corrected chi connectivity index (χ0v) is 16.3. The van der Waals surface area contributed by atoms with Crippen LogP contribution in [0.1, 0.15) is 28.5 Å². The molecule has 8 nitrogen and oxygen atoms in total. The van der Waals surface area contributed by atoms with Crippen molar-refractivity contribution in [1.29, 1.82) is 0 Å². The number of nitrogens with two attached hydrogens (primary N) is 1. The minimum absolute atomic E-state index is 0.0586. The Morgan fingerprint density at radius 2 is 2.00 bits per heavy atom. The molecule has 0 unspecified atom stereocenters. The van der Waals surface area contributed by atoms with Crippen LogP contribution in [0.4, 0.5) is 5.69 Å². The standard InChI is InChI=1S/C19H21N3O5S/c1-3-27-19-15(5-4-10-23)16(20)11-17(22-19)18(24)21-12-13-6-8-14(9-7-13)28(2,25)26/h6-9,11,23H,3,10,12H2,1-2H3,(H2,20,22)(H,21,24). The number of carbonyl (C=O) groups is 1. The Bertz CT molecular complexity index is 1020. The number of nitrogen functional groups attached to an aromatic ring is 1. The highest BCUT2D eigenvalue weighted by Gasteiger charge is 2.15. The summed E-state index contributed by atoms with van der Waals surface area (Å²) in [5.74, 6) is 4.79. The average molecular weight is 403 g/mol. The lowest BCUT2D eigenvalue weighted by Gasteiger charge is -2.11. The molecule has 0 aliphatic heterocycles. The summed E-state index contributed by atoms with van der Waals surface area (Å²) in [6.45, 7) is 1.90. The van der Waals surface area contributed by atoms with Gasteiger partial charge in [-0.25, -0.2) is 13.4 Å². The first-order chi connectivity index (χ1) is 13.3. The van der Waals surface area contributed by atoms with Gasteiger partial charge in [0.15, 0.2) is 9.84 Å². The molecule has 148 valence electrons. The van der Waals surface area contributed by atoms with E-state index in [1.54, 1.807) is 19.1 Å². The molecule has 2 rings (SSSR count). The quantitative estimate of drug-likeness (QED) is 0.606. The molecule has 0 fully saturated rings. The molecule has 0 atom stereocenters. The lowest BCUT2D eigenvalue weighted by molar-refractivity contribution is 0.0944. The zero-order valence-electron chi connectivity index (χ0n) is 15.5. The number of rotatable bonds is 6. The van der Waals surface area contributed by atoms with Crippen LogP contribution < -0.4 is 15.8 Å². The summed E-state index contributed by atoms with van der Waals surface area (Å²) < 4.78 is 28.4. The third-order valence-electron chi connectivity index (χ3n) is 3.63. The van der Waals surface area contributed by atoms with Crippen molar-refractivity contribution in [2.75, 3.05) is 25.2 Å². The van der Waals surface area contributed by atoms with Gasteiger partial charge in [-0.2, -0.15) is 0 Å². The largest absolute Gasteiger partial charge is 0.477 e. The fourth-order valence-corrected chi connectivity index (χ4v) is 2.91. The summed E-state index contributed by atoms with van der Waals surface area (Å²) in [6, 6.07) is 7.59. The zero-order chi connectivity index (χ0) is 20.7. The Kier molecular flexibility index (Phi) is 6.98. The van der Waals surface area contributed by atoms with Gasteiger partial charge in [-0.15, -0.1) is 0 Å². The lowest BCUT2D eigenvalue weighted by Crippen LogP contribution is -2.24. The Morgan fingerprint density at radius 3 is 2.57 bits per heavy atom. The van der Waals surface area contributed by atoms with Gasteiger partial charge in [0.05, 0.1) is 17.2 Å². The smallest absolute Gasteiger partial charge is 0.270 e. The fourth-order valence-electron chi connectivity index (χ4n) is 2.28. The number of amides is 1. The van der Waals surface area contributed by atoms with Gasteiger partial charge >= 0.3 is 0 Å². The van der Waals surface area contributed by atoms with Gasteiger partial charge in [-0.05, 0) is 30.7 Å². The van der Waals surface area contributed by atoms with Crippen LogP contribution in [0.2, 0.25) is 0 Å². The van der Waals surface area contributed by atoms with Crippen molar-refractivity contribution in [3.05, 3.63) is 47.2 Å². The summed E-state index contributed by atoms with van der Waals surface area (Å²) in [5, 5.41) is 11.5. The van der Waals surface area contributed by atoms with Crippen molar-refractivity contribution in [3.8, 4) is 17.7 Å². The minimum atomic E-state index is -3.27. The first kappa shape index (κ1) is 21.2. The van der Waals surface area contributed by atoms with Crippen LogP contribution in [0, 0.1) is 11.8 Å². The number of benzene rings is 1. The number of nitrogens with one attached hydrogen (secondary N) is 1. The van der Waals surface area contributed by atoms with Gasteiger partial charge in [0.2, 0.25) is 5.88 Å². The molecule has 9 heteroatoms. The van der Waals surface area contributed by atoms with Gasteiger partial charge < -0.3 is 20.9 Å². The van der Waals surface area contributed by atoms with Crippen molar-refractivity contribution in [2.45, 2.75) is 18.4 Å². The summed E-state index contributed by atoms with van der Waals surface area (Å²) in [4.78, 5) is 16.8. The number of sulfone groups is 1. The lowest BCUT2D eigenvalue weighted by atomic mass is 10.2. The number of anilines is 1. The van der Waals surface area contributed by atoms with Crippen molar-refractivity contribution in [2.24, 2.45) is 0 Å². The molecule has 1 heterocycles. The third-order valence-corrected chi connectivity index (χ3v) is 4.76. The van der Waals surface area contributed by atoms with Crippen LogP contribution in [0.3, 0.4) is 0 Å². The summed E-state index contributed by atoms with van der Waals surface area (Å²) in [5.41, 5.74) is 7.26. The molecule has 0 radical (unpaired) electrons. The Balaban J connectivity index is 2.17. The van der Waals surface area contributed by atoms with E-state index in [0.29, 0.717) is 12.2 Å². The highest BCUT2D eigenvalue weighted by Crippen LogP contribution is 2.23. The average Bonchev–Trinajstić information content (AvgIpc) is 2.65. The second-order valence-corrected chi connectivity index (χ2v) is 7.78. The van der Waals surface area contributed by atoms with Gasteiger partial charge in [-0.3, -0.25) is 4.79 Å². The van der Waals surface area contributed by atoms with Crippen molar-refractivity contribution < 1.29 is 23.1 Å². The van der Waals surface area contributed by atoms with Crippen LogP contribution in [-0.2, 0) is 16.4 Å². The van der Waals surface area contributed by atoms with Crippen LogP contribution in [0.5, 0.6) is 5.88 Å². The van der Waals surface area contributed by atoms with Crippen molar-refractivity contribution >= 4 is 21.4 Å². The number of carbonyl (C=O) groups excluding carboxylic acids is 1. The Labute approximate surface area is 163 Å². The maximum absolute atomic E-state index is 12.4. The predicted octanol–water partition coefficient (Wildman–Crippen LogP) is 0.740. The van der Waals surface area contributed by atoms with E-state index in [9.17, 15) is 13.2 Å². The molecule has 1 aromatic carbocycles. The number of pyridine rings is 1. The fraction of sp³-hybridized carbons (Fsp3) is 0.263. The maximum atomic E-state index is 12.4. The normalized spacial score (nSPS) is 10.7. The molecule has 0 saturated heterocycles. The highest BCUT2D eigenvalue weighted by atomic mass is 32.2. The molecule has 28 heavy (non-hydrogen) atoms. The van der Waals surface area contributed by atoms with E-state index in [0.717, 1.165) is 11.8 Å². The van der Waals surface area contributed by atoms with E-state index in [-0.39, 0.29) is 35.3 Å². The van der Waals surface area contributed by atoms with E-state index in [1.165, 1.54) is 18.2 Å². The summed E-state index contributed by atoms with van der Waals surface area (Å²) >= 11 is 0. The topological polar surface area (TPSA) is 132 Å². The predicted molar refractivity (Wildman–Crippen MR) is 105 cm³/mol. The van der Waals surface area contributed by atoms with Crippen LogP contribution in [0.25, 0.3) is 0 Å². The molecule has 0 aliphatic rings. The number of aliphatic hydroxyl groups excluding tert-OH is 1. The maximum Gasteiger partial charge on any atom is 0.270 e. The van der Waals surface area contributed by atoms with E-state index in [4.69, 9.17) is 15.6 Å². The minimum Gasteiger partial charge on any atom is -0.477 e. The number of ether oxygens (including phenoxy) is 1.